The molecule has 3 rings (SSSR count). The summed E-state index contributed by atoms with van der Waals surface area (Å²) in [5, 5.41) is 7.61. The zero-order valence-electron chi connectivity index (χ0n) is 15.4. The quantitative estimate of drug-likeness (QED) is 0.360. The number of nitrogens with zero attached hydrogens (tertiary/aromatic N) is 4. The normalized spacial score (nSPS) is 17.6. The molecule has 1 aliphatic heterocycles. The van der Waals surface area contributed by atoms with Crippen LogP contribution in [-0.2, 0) is 18.2 Å². The lowest BCUT2D eigenvalue weighted by atomic mass is 10.1. The first-order chi connectivity index (χ1) is 12.6. The van der Waals surface area contributed by atoms with Crippen molar-refractivity contribution < 1.29 is 9.13 Å². The van der Waals surface area contributed by atoms with E-state index in [-0.39, 0.29) is 35.9 Å². The minimum atomic E-state index is -0.243. The Balaban J connectivity index is 0.00000261. The van der Waals surface area contributed by atoms with Crippen LogP contribution < -0.4 is 5.32 Å². The molecule has 2 aromatic rings. The lowest BCUT2D eigenvalue weighted by Gasteiger charge is -2.34. The Kier molecular flexibility index (Phi) is 8.49. The van der Waals surface area contributed by atoms with Crippen molar-refractivity contribution in [3.05, 3.63) is 52.0 Å². The fourth-order valence-corrected chi connectivity index (χ4v) is 3.42. The van der Waals surface area contributed by atoms with Crippen LogP contribution in [0.3, 0.4) is 0 Å². The van der Waals surface area contributed by atoms with Crippen molar-refractivity contribution in [2.75, 3.05) is 33.3 Å². The van der Waals surface area contributed by atoms with Gasteiger partial charge in [-0.25, -0.2) is 4.39 Å². The first-order valence-electron chi connectivity index (χ1n) is 8.56. The van der Waals surface area contributed by atoms with Gasteiger partial charge < -0.3 is 15.0 Å². The molecule has 0 bridgehead atoms. The van der Waals surface area contributed by atoms with Gasteiger partial charge in [0.05, 0.1) is 23.8 Å². The summed E-state index contributed by atoms with van der Waals surface area (Å²) in [4.78, 5) is 6.59. The predicted octanol–water partition coefficient (Wildman–Crippen LogP) is 3.13. The Morgan fingerprint density at radius 2 is 2.30 bits per heavy atom. The minimum absolute atomic E-state index is 0. The average Bonchev–Trinajstić information content (AvgIpc) is 3.08. The third-order valence-electron chi connectivity index (χ3n) is 4.36. The molecule has 27 heavy (non-hydrogen) atoms. The number of hydrogen-bond acceptors (Lipinski definition) is 3. The third-order valence-corrected chi connectivity index (χ3v) is 4.96. The lowest BCUT2D eigenvalue weighted by Crippen LogP contribution is -2.48. The number of aryl methyl sites for hydroxylation is 1. The molecule has 2 heterocycles. The molecule has 1 aliphatic rings. The molecule has 1 saturated heterocycles. The Morgan fingerprint density at radius 3 is 2.96 bits per heavy atom. The van der Waals surface area contributed by atoms with Crippen LogP contribution in [0.1, 0.15) is 17.2 Å². The van der Waals surface area contributed by atoms with Crippen LogP contribution in [0.2, 0.25) is 0 Å². The Morgan fingerprint density at radius 1 is 1.48 bits per heavy atom. The Bertz CT molecular complexity index is 785. The molecule has 6 nitrogen and oxygen atoms in total. The van der Waals surface area contributed by atoms with E-state index in [1.54, 1.807) is 17.8 Å². The number of halogens is 3. The molecular weight excluding hydrogens is 528 g/mol. The highest BCUT2D eigenvalue weighted by atomic mass is 127. The van der Waals surface area contributed by atoms with Crippen molar-refractivity contribution in [1.82, 2.24) is 20.0 Å². The number of guanidine groups is 1. The van der Waals surface area contributed by atoms with Crippen LogP contribution in [0.4, 0.5) is 4.39 Å². The number of aliphatic imine (C=N–C) groups is 1. The van der Waals surface area contributed by atoms with E-state index in [9.17, 15) is 4.39 Å². The molecule has 148 valence electrons. The van der Waals surface area contributed by atoms with Gasteiger partial charge >= 0.3 is 0 Å². The van der Waals surface area contributed by atoms with Gasteiger partial charge in [0.2, 0.25) is 0 Å². The van der Waals surface area contributed by atoms with E-state index in [1.165, 1.54) is 6.07 Å². The SMILES string of the molecule is CN=C(NCCc1ccc(F)c(Br)c1)N1CCOC(c2cnn(C)c2)C1.I. The van der Waals surface area contributed by atoms with Crippen molar-refractivity contribution in [3.63, 3.8) is 0 Å². The summed E-state index contributed by atoms with van der Waals surface area (Å²) in [5.41, 5.74) is 2.14. The van der Waals surface area contributed by atoms with Crippen LogP contribution in [0.5, 0.6) is 0 Å². The second-order valence-electron chi connectivity index (χ2n) is 6.23. The molecule has 0 spiro atoms. The van der Waals surface area contributed by atoms with E-state index in [0.717, 1.165) is 43.1 Å². The van der Waals surface area contributed by atoms with Gasteiger partial charge in [-0.1, -0.05) is 6.07 Å². The summed E-state index contributed by atoms with van der Waals surface area (Å²) >= 11 is 3.23. The molecule has 0 radical (unpaired) electrons. The van der Waals surface area contributed by atoms with Crippen molar-refractivity contribution in [3.8, 4) is 0 Å². The largest absolute Gasteiger partial charge is 0.370 e. The predicted molar refractivity (Wildman–Crippen MR) is 118 cm³/mol. The van der Waals surface area contributed by atoms with Gasteiger partial charge in [-0.3, -0.25) is 9.67 Å². The van der Waals surface area contributed by atoms with E-state index >= 15 is 0 Å². The highest BCUT2D eigenvalue weighted by Gasteiger charge is 2.25. The third kappa shape index (κ3) is 5.89. The van der Waals surface area contributed by atoms with Crippen LogP contribution in [0.25, 0.3) is 0 Å². The number of nitrogens with one attached hydrogen (secondary N) is 1. The molecule has 1 N–H and O–H groups in total. The molecule has 0 amide bonds. The highest BCUT2D eigenvalue weighted by Crippen LogP contribution is 2.21. The standard InChI is InChI=1S/C18H23BrFN5O.HI/c1-21-18(22-6-5-13-3-4-16(20)15(19)9-13)25-7-8-26-17(12-25)14-10-23-24(2)11-14;/h3-4,9-11,17H,5-8,12H2,1-2H3,(H,21,22);1H. The highest BCUT2D eigenvalue weighted by molar-refractivity contribution is 14.0. The maximum Gasteiger partial charge on any atom is 0.193 e. The summed E-state index contributed by atoms with van der Waals surface area (Å²) in [5.74, 6) is 0.607. The number of benzene rings is 1. The number of aromatic nitrogens is 2. The molecule has 1 fully saturated rings. The van der Waals surface area contributed by atoms with Gasteiger partial charge in [-0.15, -0.1) is 24.0 Å². The smallest absolute Gasteiger partial charge is 0.193 e. The summed E-state index contributed by atoms with van der Waals surface area (Å²) in [7, 11) is 3.68. The van der Waals surface area contributed by atoms with Gasteiger partial charge in [0.25, 0.3) is 0 Å². The van der Waals surface area contributed by atoms with Crippen molar-refractivity contribution in [1.29, 1.82) is 0 Å². The Hall–Kier alpha value is -1.20. The summed E-state index contributed by atoms with van der Waals surface area (Å²) < 4.78 is 21.5. The van der Waals surface area contributed by atoms with Crippen molar-refractivity contribution in [2.45, 2.75) is 12.5 Å². The van der Waals surface area contributed by atoms with Gasteiger partial charge in [0.15, 0.2) is 5.96 Å². The number of ether oxygens (including phenoxy) is 1. The van der Waals surface area contributed by atoms with E-state index in [2.05, 4.69) is 36.2 Å². The molecule has 0 aliphatic carbocycles. The summed E-state index contributed by atoms with van der Waals surface area (Å²) in [6.45, 7) is 2.89. The molecule has 1 aromatic heterocycles. The topological polar surface area (TPSA) is 54.7 Å². The summed E-state index contributed by atoms with van der Waals surface area (Å²) in [6, 6.07) is 5.10. The number of rotatable bonds is 4. The van der Waals surface area contributed by atoms with Crippen LogP contribution in [-0.4, -0.2) is 53.9 Å². The van der Waals surface area contributed by atoms with E-state index in [4.69, 9.17) is 4.74 Å². The molecule has 9 heteroatoms. The van der Waals surface area contributed by atoms with Gasteiger partial charge in [0.1, 0.15) is 11.9 Å². The first kappa shape index (κ1) is 22.1. The monoisotopic (exact) mass is 551 g/mol. The van der Waals surface area contributed by atoms with Gasteiger partial charge in [-0.05, 0) is 40.0 Å². The van der Waals surface area contributed by atoms with E-state index < -0.39 is 0 Å². The molecule has 1 unspecified atom stereocenters. The van der Waals surface area contributed by atoms with E-state index in [1.807, 2.05) is 25.5 Å². The Labute approximate surface area is 184 Å². The van der Waals surface area contributed by atoms with Gasteiger partial charge in [0, 0.05) is 38.9 Å². The maximum absolute atomic E-state index is 13.3. The fraction of sp³-hybridized carbons (Fsp3) is 0.444. The molecular formula is C18H24BrFIN5O. The summed E-state index contributed by atoms with van der Waals surface area (Å²) in [6.07, 6.45) is 4.60. The van der Waals surface area contributed by atoms with Crippen LogP contribution >= 0.6 is 39.9 Å². The van der Waals surface area contributed by atoms with E-state index in [0.29, 0.717) is 11.1 Å². The molecule has 1 atom stereocenters. The first-order valence-corrected chi connectivity index (χ1v) is 9.36. The second kappa shape index (κ2) is 10.4. The fourth-order valence-electron chi connectivity index (χ4n) is 3.00. The van der Waals surface area contributed by atoms with Crippen LogP contribution in [0, 0.1) is 5.82 Å². The average molecular weight is 552 g/mol. The van der Waals surface area contributed by atoms with Gasteiger partial charge in [-0.2, -0.15) is 5.10 Å². The number of hydrogen-bond donors (Lipinski definition) is 1. The zero-order chi connectivity index (χ0) is 18.5. The minimum Gasteiger partial charge on any atom is -0.370 e. The second-order valence-corrected chi connectivity index (χ2v) is 7.08. The lowest BCUT2D eigenvalue weighted by molar-refractivity contribution is -0.00800. The van der Waals surface area contributed by atoms with Crippen molar-refractivity contribution >= 4 is 45.9 Å². The van der Waals surface area contributed by atoms with Crippen LogP contribution in [0.15, 0.2) is 40.1 Å². The molecule has 1 aromatic carbocycles. The molecule has 0 saturated carbocycles. The number of morpholine rings is 1. The maximum atomic E-state index is 13.3. The van der Waals surface area contributed by atoms with Crippen molar-refractivity contribution in [2.24, 2.45) is 12.0 Å². The zero-order valence-corrected chi connectivity index (χ0v) is 19.3.